The highest BCUT2D eigenvalue weighted by Crippen LogP contribution is 2.33. The van der Waals surface area contributed by atoms with Crippen LogP contribution in [0.25, 0.3) is 11.3 Å². The summed E-state index contributed by atoms with van der Waals surface area (Å²) in [6, 6.07) is 6.39. The van der Waals surface area contributed by atoms with E-state index < -0.39 is 12.2 Å². The minimum atomic E-state index is -2.93. The van der Waals surface area contributed by atoms with Crippen LogP contribution in [0.15, 0.2) is 29.6 Å². The smallest absolute Gasteiger partial charge is 0.410 e. The standard InChI is InChI=1S/C22H27F2N3O4S/c1-22(2,3)31-21(29)27-10-8-14(9-11-27)12-18(28)26-20-25-16(13-32-20)15-6-4-5-7-17(15)30-19(23)24/h4-7,13-14,19H,8-12H2,1-3H3,(H,25,26,28). The normalized spacial score (nSPS) is 15.0. The topological polar surface area (TPSA) is 80.8 Å². The molecule has 0 spiro atoms. The third-order valence-electron chi connectivity index (χ3n) is 4.87. The Morgan fingerprint density at radius 2 is 1.94 bits per heavy atom. The van der Waals surface area contributed by atoms with E-state index in [-0.39, 0.29) is 23.7 Å². The highest BCUT2D eigenvalue weighted by Gasteiger charge is 2.28. The molecule has 0 unspecified atom stereocenters. The minimum absolute atomic E-state index is 0.0300. The van der Waals surface area contributed by atoms with Gasteiger partial charge in [-0.1, -0.05) is 12.1 Å². The van der Waals surface area contributed by atoms with Gasteiger partial charge in [-0.15, -0.1) is 11.3 Å². The van der Waals surface area contributed by atoms with Crippen molar-refractivity contribution in [2.24, 2.45) is 5.92 Å². The molecular formula is C22H27F2N3O4S. The number of para-hydroxylation sites is 1. The summed E-state index contributed by atoms with van der Waals surface area (Å²) in [6.07, 6.45) is 1.43. The first-order valence-electron chi connectivity index (χ1n) is 10.4. The number of hydrogen-bond donors (Lipinski definition) is 1. The molecule has 1 saturated heterocycles. The van der Waals surface area contributed by atoms with E-state index in [0.717, 1.165) is 0 Å². The van der Waals surface area contributed by atoms with Gasteiger partial charge in [-0.25, -0.2) is 9.78 Å². The van der Waals surface area contributed by atoms with E-state index in [1.807, 2.05) is 20.8 Å². The zero-order valence-electron chi connectivity index (χ0n) is 18.3. The molecule has 10 heteroatoms. The fourth-order valence-corrected chi connectivity index (χ4v) is 4.14. The lowest BCUT2D eigenvalue weighted by atomic mass is 9.93. The predicted octanol–water partition coefficient (Wildman–Crippen LogP) is 5.39. The molecule has 1 aromatic heterocycles. The summed E-state index contributed by atoms with van der Waals surface area (Å²) in [5, 5.41) is 4.85. The number of anilines is 1. The molecule has 1 aliphatic rings. The molecule has 32 heavy (non-hydrogen) atoms. The summed E-state index contributed by atoms with van der Waals surface area (Å²) in [6.45, 7) is 3.66. The van der Waals surface area contributed by atoms with Crippen molar-refractivity contribution < 1.29 is 27.8 Å². The van der Waals surface area contributed by atoms with E-state index in [0.29, 0.717) is 48.7 Å². The van der Waals surface area contributed by atoms with Crippen LogP contribution in [-0.2, 0) is 9.53 Å². The second-order valence-electron chi connectivity index (χ2n) is 8.58. The van der Waals surface area contributed by atoms with Crippen molar-refractivity contribution in [2.45, 2.75) is 52.2 Å². The number of benzene rings is 1. The van der Waals surface area contributed by atoms with Gasteiger partial charge in [0.2, 0.25) is 5.91 Å². The molecular weight excluding hydrogens is 440 g/mol. The van der Waals surface area contributed by atoms with Crippen molar-refractivity contribution in [3.05, 3.63) is 29.6 Å². The second kappa shape index (κ2) is 10.2. The Bertz CT molecular complexity index is 937. The largest absolute Gasteiger partial charge is 0.444 e. The van der Waals surface area contributed by atoms with Crippen molar-refractivity contribution in [2.75, 3.05) is 18.4 Å². The van der Waals surface area contributed by atoms with Gasteiger partial charge in [-0.2, -0.15) is 8.78 Å². The van der Waals surface area contributed by atoms with Gasteiger partial charge in [-0.05, 0) is 51.7 Å². The SMILES string of the molecule is CC(C)(C)OC(=O)N1CCC(CC(=O)Nc2nc(-c3ccccc3OC(F)F)cs2)CC1. The van der Waals surface area contributed by atoms with Crippen LogP contribution in [0.5, 0.6) is 5.75 Å². The lowest BCUT2D eigenvalue weighted by molar-refractivity contribution is -0.117. The van der Waals surface area contributed by atoms with Gasteiger partial charge in [0.05, 0.1) is 5.69 Å². The van der Waals surface area contributed by atoms with E-state index in [1.54, 1.807) is 28.5 Å². The molecule has 174 valence electrons. The number of nitrogens with zero attached hydrogens (tertiary/aromatic N) is 2. The number of nitrogens with one attached hydrogen (secondary N) is 1. The van der Waals surface area contributed by atoms with Crippen molar-refractivity contribution >= 4 is 28.5 Å². The summed E-state index contributed by atoms with van der Waals surface area (Å²) in [4.78, 5) is 30.6. The van der Waals surface area contributed by atoms with Gasteiger partial charge in [-0.3, -0.25) is 4.79 Å². The third-order valence-corrected chi connectivity index (χ3v) is 5.63. The minimum Gasteiger partial charge on any atom is -0.444 e. The summed E-state index contributed by atoms with van der Waals surface area (Å²) >= 11 is 1.22. The first-order chi connectivity index (χ1) is 15.1. The summed E-state index contributed by atoms with van der Waals surface area (Å²) in [7, 11) is 0. The number of carbonyl (C=O) groups is 2. The highest BCUT2D eigenvalue weighted by molar-refractivity contribution is 7.14. The Hall–Kier alpha value is -2.75. The van der Waals surface area contributed by atoms with Crippen molar-refractivity contribution in [1.29, 1.82) is 0 Å². The second-order valence-corrected chi connectivity index (χ2v) is 9.43. The number of hydrogen-bond acceptors (Lipinski definition) is 6. The molecule has 0 atom stereocenters. The number of aromatic nitrogens is 1. The molecule has 2 heterocycles. The lowest BCUT2D eigenvalue weighted by Gasteiger charge is -2.33. The van der Waals surface area contributed by atoms with Crippen molar-refractivity contribution in [3.63, 3.8) is 0 Å². The molecule has 1 aliphatic heterocycles. The molecule has 3 rings (SSSR count). The fourth-order valence-electron chi connectivity index (χ4n) is 3.41. The van der Waals surface area contributed by atoms with E-state index in [2.05, 4.69) is 15.0 Å². The molecule has 0 saturated carbocycles. The number of likely N-dealkylation sites (tertiary alicyclic amines) is 1. The van der Waals surface area contributed by atoms with Crippen LogP contribution < -0.4 is 10.1 Å². The fraction of sp³-hybridized carbons (Fsp3) is 0.500. The predicted molar refractivity (Wildman–Crippen MR) is 118 cm³/mol. The van der Waals surface area contributed by atoms with Gasteiger partial charge in [0.15, 0.2) is 5.13 Å². The van der Waals surface area contributed by atoms with E-state index in [9.17, 15) is 18.4 Å². The average molecular weight is 468 g/mol. The Kier molecular flexibility index (Phi) is 7.65. The number of alkyl halides is 2. The van der Waals surface area contributed by atoms with Crippen molar-refractivity contribution in [1.82, 2.24) is 9.88 Å². The molecule has 0 aliphatic carbocycles. The summed E-state index contributed by atoms with van der Waals surface area (Å²) in [5.74, 6) is 0.0226. The molecule has 1 fully saturated rings. The Balaban J connectivity index is 1.51. The Labute approximate surface area is 189 Å². The lowest BCUT2D eigenvalue weighted by Crippen LogP contribution is -2.42. The van der Waals surface area contributed by atoms with Crippen LogP contribution in [0.4, 0.5) is 18.7 Å². The molecule has 0 bridgehead atoms. The number of halogens is 2. The highest BCUT2D eigenvalue weighted by atomic mass is 32.1. The number of carbonyl (C=O) groups excluding carboxylic acids is 2. The van der Waals surface area contributed by atoms with Gasteiger partial charge in [0.1, 0.15) is 11.4 Å². The number of piperidine rings is 1. The Morgan fingerprint density at radius 1 is 1.25 bits per heavy atom. The number of amides is 2. The van der Waals surface area contributed by atoms with Crippen LogP contribution >= 0.6 is 11.3 Å². The zero-order chi connectivity index (χ0) is 23.3. The van der Waals surface area contributed by atoms with Gasteiger partial charge in [0.25, 0.3) is 0 Å². The van der Waals surface area contributed by atoms with Gasteiger partial charge >= 0.3 is 12.7 Å². The first kappa shape index (κ1) is 23.9. The first-order valence-corrected chi connectivity index (χ1v) is 11.3. The quantitative estimate of drug-likeness (QED) is 0.616. The Morgan fingerprint density at radius 3 is 2.59 bits per heavy atom. The van der Waals surface area contributed by atoms with E-state index in [4.69, 9.17) is 4.74 Å². The maximum absolute atomic E-state index is 12.6. The van der Waals surface area contributed by atoms with Gasteiger partial charge < -0.3 is 19.7 Å². The van der Waals surface area contributed by atoms with Crippen LogP contribution in [0, 0.1) is 5.92 Å². The molecule has 2 amide bonds. The van der Waals surface area contributed by atoms with E-state index in [1.165, 1.54) is 17.4 Å². The molecule has 7 nitrogen and oxygen atoms in total. The van der Waals surface area contributed by atoms with Crippen molar-refractivity contribution in [3.8, 4) is 17.0 Å². The number of rotatable bonds is 6. The van der Waals surface area contributed by atoms with Crippen LogP contribution in [0.1, 0.15) is 40.0 Å². The van der Waals surface area contributed by atoms with Crippen LogP contribution in [-0.4, -0.2) is 47.2 Å². The third kappa shape index (κ3) is 6.88. The number of ether oxygens (including phenoxy) is 2. The maximum atomic E-state index is 12.6. The summed E-state index contributed by atoms with van der Waals surface area (Å²) < 4.78 is 35.2. The molecule has 1 aromatic carbocycles. The zero-order valence-corrected chi connectivity index (χ0v) is 19.1. The number of thiazole rings is 1. The molecule has 2 aromatic rings. The van der Waals surface area contributed by atoms with Gasteiger partial charge in [0, 0.05) is 30.5 Å². The summed E-state index contributed by atoms with van der Waals surface area (Å²) in [5.41, 5.74) is 0.346. The molecule has 1 N–H and O–H groups in total. The van der Waals surface area contributed by atoms with Crippen LogP contribution in [0.2, 0.25) is 0 Å². The average Bonchev–Trinajstić information content (AvgIpc) is 3.15. The monoisotopic (exact) mass is 467 g/mol. The van der Waals surface area contributed by atoms with E-state index >= 15 is 0 Å². The van der Waals surface area contributed by atoms with Crippen LogP contribution in [0.3, 0.4) is 0 Å². The maximum Gasteiger partial charge on any atom is 0.410 e. The molecule has 0 radical (unpaired) electrons.